The smallest absolute Gasteiger partial charge is 0.295 e. The molecule has 3 atom stereocenters. The van der Waals surface area contributed by atoms with E-state index in [2.05, 4.69) is 15.1 Å². The summed E-state index contributed by atoms with van der Waals surface area (Å²) in [5.74, 6) is -0.0333. The molecule has 3 heterocycles. The van der Waals surface area contributed by atoms with Gasteiger partial charge in [-0.1, -0.05) is 0 Å². The average Bonchev–Trinajstić information content (AvgIpc) is 2.92. The molecule has 9 heteroatoms. The van der Waals surface area contributed by atoms with E-state index >= 15 is 0 Å². The number of hydrogen-bond donors (Lipinski definition) is 4. The Kier molecular flexibility index (Phi) is 2.73. The topological polar surface area (TPSA) is 139 Å². The number of nitrogens with zero attached hydrogens (tertiary/aromatic N) is 3. The van der Waals surface area contributed by atoms with Crippen molar-refractivity contribution in [2.75, 3.05) is 12.3 Å². The first-order valence-corrected chi connectivity index (χ1v) is 5.78. The van der Waals surface area contributed by atoms with Gasteiger partial charge in [0.25, 0.3) is 5.56 Å². The van der Waals surface area contributed by atoms with Crippen LogP contribution in [0.2, 0.25) is 0 Å². The minimum Gasteiger partial charge on any atom is -0.394 e. The van der Waals surface area contributed by atoms with Crippen molar-refractivity contribution in [3.63, 3.8) is 0 Å². The maximum Gasteiger partial charge on any atom is 0.295 e. The number of aliphatic hydroxyl groups is 2. The third-order valence-electron chi connectivity index (χ3n) is 3.15. The van der Waals surface area contributed by atoms with Gasteiger partial charge in [0.15, 0.2) is 0 Å². The molecule has 0 spiro atoms. The molecule has 3 rings (SSSR count). The summed E-state index contributed by atoms with van der Waals surface area (Å²) in [6.45, 7) is -0.273. The fraction of sp³-hybridized carbons (Fsp3) is 0.500. The van der Waals surface area contributed by atoms with Crippen LogP contribution in [0.15, 0.2) is 11.0 Å². The van der Waals surface area contributed by atoms with Crippen LogP contribution < -0.4 is 11.3 Å². The first-order chi connectivity index (χ1) is 9.10. The number of rotatable bonds is 2. The van der Waals surface area contributed by atoms with Gasteiger partial charge in [0.1, 0.15) is 12.2 Å². The van der Waals surface area contributed by atoms with Gasteiger partial charge in [0.05, 0.1) is 24.6 Å². The largest absolute Gasteiger partial charge is 0.394 e. The second kappa shape index (κ2) is 4.30. The fourth-order valence-corrected chi connectivity index (χ4v) is 2.23. The number of fused-ring (bicyclic) bond motifs is 1. The molecule has 0 aromatic carbocycles. The highest BCUT2D eigenvalue weighted by Crippen LogP contribution is 2.32. The summed E-state index contributed by atoms with van der Waals surface area (Å²) >= 11 is 0. The Morgan fingerprint density at radius 2 is 2.42 bits per heavy atom. The minimum atomic E-state index is -0.764. The predicted octanol–water partition coefficient (Wildman–Crippen LogP) is -1.82. The highest BCUT2D eigenvalue weighted by atomic mass is 16.5. The molecule has 0 amide bonds. The van der Waals surface area contributed by atoms with Crippen LogP contribution in [-0.4, -0.2) is 48.6 Å². The number of nitrogen functional groups attached to an aromatic ring is 1. The van der Waals surface area contributed by atoms with Crippen molar-refractivity contribution >= 4 is 11.6 Å². The number of aromatic amines is 1. The molecule has 102 valence electrons. The van der Waals surface area contributed by atoms with Crippen LogP contribution >= 0.6 is 0 Å². The Bertz CT molecular complexity index is 665. The molecule has 19 heavy (non-hydrogen) atoms. The van der Waals surface area contributed by atoms with Gasteiger partial charge < -0.3 is 20.7 Å². The van der Waals surface area contributed by atoms with Crippen LogP contribution in [0.1, 0.15) is 18.2 Å². The summed E-state index contributed by atoms with van der Waals surface area (Å²) < 4.78 is 6.80. The molecule has 0 saturated carbocycles. The van der Waals surface area contributed by atoms with Gasteiger partial charge >= 0.3 is 0 Å². The first kappa shape index (κ1) is 12.1. The van der Waals surface area contributed by atoms with Crippen LogP contribution in [0.4, 0.5) is 5.95 Å². The highest BCUT2D eigenvalue weighted by molar-refractivity contribution is 5.38. The second-order valence-corrected chi connectivity index (χ2v) is 4.41. The summed E-state index contributed by atoms with van der Waals surface area (Å²) in [6.07, 6.45) is -0.146. The van der Waals surface area contributed by atoms with Crippen LogP contribution in [0.5, 0.6) is 0 Å². The van der Waals surface area contributed by atoms with Gasteiger partial charge in [-0.25, -0.2) is 9.50 Å². The molecule has 1 aliphatic heterocycles. The Labute approximate surface area is 106 Å². The van der Waals surface area contributed by atoms with Crippen molar-refractivity contribution in [2.45, 2.75) is 24.7 Å². The Hall–Kier alpha value is -1.97. The standard InChI is InChI=1S/C10H13N5O4/c11-10-13-9(18)8-12-2-4(15(8)14-10)6-1-5(17)7(3-16)19-6/h2,5-7,16-17H,1,3H2,(H3,11,13,14,18)/t5-,6+,7?/m0/s1. The number of H-pyrrole nitrogens is 1. The summed E-state index contributed by atoms with van der Waals surface area (Å²) in [6, 6.07) is 0. The van der Waals surface area contributed by atoms with E-state index in [-0.39, 0.29) is 18.2 Å². The number of nitrogens with two attached hydrogens (primary N) is 1. The lowest BCUT2D eigenvalue weighted by atomic mass is 10.1. The number of aromatic nitrogens is 4. The Morgan fingerprint density at radius 3 is 3.11 bits per heavy atom. The molecule has 0 bridgehead atoms. The first-order valence-electron chi connectivity index (χ1n) is 5.78. The number of nitrogens with one attached hydrogen (secondary N) is 1. The highest BCUT2D eigenvalue weighted by Gasteiger charge is 2.36. The lowest BCUT2D eigenvalue weighted by molar-refractivity contribution is -0.0240. The van der Waals surface area contributed by atoms with Crippen molar-refractivity contribution in [3.05, 3.63) is 22.2 Å². The molecule has 5 N–H and O–H groups in total. The van der Waals surface area contributed by atoms with E-state index in [1.165, 1.54) is 10.7 Å². The van der Waals surface area contributed by atoms with Crippen LogP contribution in [0, 0.1) is 0 Å². The molecular weight excluding hydrogens is 254 g/mol. The van der Waals surface area contributed by atoms with Gasteiger partial charge in [0.2, 0.25) is 11.6 Å². The molecule has 0 aliphatic carbocycles. The van der Waals surface area contributed by atoms with Gasteiger partial charge in [-0.3, -0.25) is 9.78 Å². The number of ether oxygens (including phenoxy) is 1. The zero-order valence-corrected chi connectivity index (χ0v) is 9.85. The normalized spacial score (nSPS) is 27.2. The van der Waals surface area contributed by atoms with Crippen molar-refractivity contribution in [3.8, 4) is 0 Å². The van der Waals surface area contributed by atoms with Crippen LogP contribution in [-0.2, 0) is 4.74 Å². The molecule has 9 nitrogen and oxygen atoms in total. The van der Waals surface area contributed by atoms with E-state index in [0.717, 1.165) is 0 Å². The number of hydrogen-bond acceptors (Lipinski definition) is 7. The zero-order valence-electron chi connectivity index (χ0n) is 9.85. The van der Waals surface area contributed by atoms with E-state index in [1.54, 1.807) is 0 Å². The van der Waals surface area contributed by atoms with Gasteiger partial charge in [-0.05, 0) is 0 Å². The fourth-order valence-electron chi connectivity index (χ4n) is 2.23. The molecular formula is C10H13N5O4. The van der Waals surface area contributed by atoms with E-state index in [1.807, 2.05) is 0 Å². The maximum atomic E-state index is 11.6. The Balaban J connectivity index is 2.05. The summed E-state index contributed by atoms with van der Waals surface area (Å²) in [5, 5.41) is 22.7. The molecule has 1 saturated heterocycles. The lowest BCUT2D eigenvalue weighted by Crippen LogP contribution is -2.24. The van der Waals surface area contributed by atoms with Crippen molar-refractivity contribution in [1.29, 1.82) is 0 Å². The van der Waals surface area contributed by atoms with Crippen molar-refractivity contribution < 1.29 is 14.9 Å². The lowest BCUT2D eigenvalue weighted by Gasteiger charge is -2.11. The van der Waals surface area contributed by atoms with Crippen LogP contribution in [0.3, 0.4) is 0 Å². The quantitative estimate of drug-likeness (QED) is 0.502. The van der Waals surface area contributed by atoms with Crippen LogP contribution in [0.25, 0.3) is 5.65 Å². The maximum absolute atomic E-state index is 11.6. The molecule has 1 aliphatic rings. The van der Waals surface area contributed by atoms with Gasteiger partial charge in [-0.2, -0.15) is 0 Å². The third kappa shape index (κ3) is 1.87. The van der Waals surface area contributed by atoms with Crippen molar-refractivity contribution in [2.24, 2.45) is 0 Å². The Morgan fingerprint density at radius 1 is 1.63 bits per heavy atom. The molecule has 2 aromatic rings. The van der Waals surface area contributed by atoms with Gasteiger partial charge in [0, 0.05) is 6.42 Å². The summed E-state index contributed by atoms with van der Waals surface area (Å²) in [7, 11) is 0. The molecule has 1 unspecified atom stereocenters. The molecule has 0 radical (unpaired) electrons. The number of anilines is 1. The van der Waals surface area contributed by atoms with E-state index in [4.69, 9.17) is 15.6 Å². The monoisotopic (exact) mass is 267 g/mol. The predicted molar refractivity (Wildman–Crippen MR) is 63.3 cm³/mol. The van der Waals surface area contributed by atoms with Gasteiger partial charge in [-0.15, -0.1) is 5.10 Å². The minimum absolute atomic E-state index is 0.0333. The van der Waals surface area contributed by atoms with E-state index < -0.39 is 23.9 Å². The van der Waals surface area contributed by atoms with Crippen molar-refractivity contribution in [1.82, 2.24) is 19.6 Å². The zero-order chi connectivity index (χ0) is 13.6. The second-order valence-electron chi connectivity index (χ2n) is 4.41. The number of aliphatic hydroxyl groups excluding tert-OH is 2. The number of imidazole rings is 1. The van der Waals surface area contributed by atoms with E-state index in [9.17, 15) is 9.90 Å². The average molecular weight is 267 g/mol. The SMILES string of the molecule is Nc1nn2c([C@H]3C[C@H](O)C(CO)O3)cnc2c(=O)[nH]1. The summed E-state index contributed by atoms with van der Waals surface area (Å²) in [5.41, 5.74) is 5.66. The van der Waals surface area contributed by atoms with E-state index in [0.29, 0.717) is 12.1 Å². The molecule has 1 fully saturated rings. The third-order valence-corrected chi connectivity index (χ3v) is 3.15. The molecule has 2 aromatic heterocycles. The summed E-state index contributed by atoms with van der Waals surface area (Å²) in [4.78, 5) is 17.9.